The zero-order chi connectivity index (χ0) is 96.5. The van der Waals surface area contributed by atoms with Crippen molar-refractivity contribution in [2.45, 2.75) is 194 Å². The summed E-state index contributed by atoms with van der Waals surface area (Å²) in [5.74, 6) is 0.797. The summed E-state index contributed by atoms with van der Waals surface area (Å²) in [5, 5.41) is 65.6. The van der Waals surface area contributed by atoms with E-state index in [1.807, 2.05) is 180 Å². The maximum absolute atomic E-state index is 13.8. The molecule has 0 spiro atoms. The summed E-state index contributed by atoms with van der Waals surface area (Å²) in [4.78, 5) is 105. The molecule has 0 radical (unpaired) electrons. The molecule has 4 heterocycles. The summed E-state index contributed by atoms with van der Waals surface area (Å²) in [6.45, 7) is 34.5. The second-order valence-electron chi connectivity index (χ2n) is 36.4. The van der Waals surface area contributed by atoms with Crippen LogP contribution in [0.25, 0.3) is 43.1 Å². The fourth-order valence-corrected chi connectivity index (χ4v) is 16.6. The first-order valence-electron chi connectivity index (χ1n) is 45.3. The van der Waals surface area contributed by atoms with Crippen LogP contribution in [0.15, 0.2) is 194 Å². The minimum Gasteiger partial charge on any atom is -0.492 e. The third-order valence-electron chi connectivity index (χ3n) is 22.2. The molecule has 6 N–H and O–H groups in total. The van der Waals surface area contributed by atoms with Gasteiger partial charge in [-0.05, 0) is 150 Å². The Morgan fingerprint density at radius 1 is 0.289 bits per heavy atom. The number of benzene rings is 12. The smallest absolute Gasteiger partial charge is 0.307 e. The number of anilines is 4. The highest BCUT2D eigenvalue weighted by Crippen LogP contribution is 2.54. The summed E-state index contributed by atoms with van der Waals surface area (Å²) in [5.41, 5.74) is 8.97. The number of nitrogens with zero attached hydrogens (tertiary/aromatic N) is 4. The van der Waals surface area contributed by atoms with Gasteiger partial charge in [-0.1, -0.05) is 208 Å². The summed E-state index contributed by atoms with van der Waals surface area (Å²) in [6.07, 6.45) is -3.45. The predicted molar refractivity (Wildman–Crippen MR) is 523 cm³/mol. The number of aliphatic hydroxyl groups is 2. The normalized spacial score (nSPS) is 14.1. The van der Waals surface area contributed by atoms with Crippen molar-refractivity contribution in [2.24, 2.45) is 23.7 Å². The molecular weight excluding hydrogens is 1720 g/mol. The molecular formula is C109H120N4O22. The molecule has 26 heteroatoms. The molecule has 12 aromatic rings. The molecule has 0 bridgehead atoms. The van der Waals surface area contributed by atoms with Crippen LogP contribution in [0.4, 0.5) is 22.7 Å². The van der Waals surface area contributed by atoms with E-state index in [9.17, 15) is 48.6 Å². The fourth-order valence-electron chi connectivity index (χ4n) is 16.6. The lowest BCUT2D eigenvalue weighted by Gasteiger charge is -2.23. The van der Waals surface area contributed by atoms with Gasteiger partial charge in [0.25, 0.3) is 23.6 Å². The molecule has 4 aliphatic rings. The van der Waals surface area contributed by atoms with Gasteiger partial charge in [0.2, 0.25) is 0 Å². The van der Waals surface area contributed by atoms with E-state index in [1.165, 1.54) is 9.80 Å². The van der Waals surface area contributed by atoms with Crippen molar-refractivity contribution in [3.63, 3.8) is 0 Å². The van der Waals surface area contributed by atoms with Crippen LogP contribution in [0.1, 0.15) is 217 Å². The number of ether oxygens (including phenoxy) is 8. The quantitative estimate of drug-likeness (QED) is 0.0228. The summed E-state index contributed by atoms with van der Waals surface area (Å²) < 4.78 is 49.6. The van der Waals surface area contributed by atoms with Gasteiger partial charge in [0, 0.05) is 77.0 Å². The van der Waals surface area contributed by atoms with Gasteiger partial charge >= 0.3 is 23.9 Å². The number of hydrogen-bond donors (Lipinski definition) is 6. The largest absolute Gasteiger partial charge is 0.492 e. The van der Waals surface area contributed by atoms with Crippen molar-refractivity contribution in [1.29, 1.82) is 0 Å². The van der Waals surface area contributed by atoms with Crippen LogP contribution in [0, 0.1) is 23.7 Å². The Labute approximate surface area is 786 Å². The highest BCUT2D eigenvalue weighted by molar-refractivity contribution is 6.21. The minimum atomic E-state index is -1.28. The highest BCUT2D eigenvalue weighted by Gasteiger charge is 2.47. The summed E-state index contributed by atoms with van der Waals surface area (Å²) in [7, 11) is 0. The molecule has 708 valence electrons. The number of carbonyl (C=O) groups excluding carboxylic acids is 4. The molecule has 135 heavy (non-hydrogen) atoms. The number of fused-ring (bicyclic) bond motifs is 8. The Balaban J connectivity index is 0.000000162. The van der Waals surface area contributed by atoms with Crippen molar-refractivity contribution >= 4 is 113 Å². The number of rotatable bonds is 32. The lowest BCUT2D eigenvalue weighted by atomic mass is 9.98. The second kappa shape index (κ2) is 43.2. The highest BCUT2D eigenvalue weighted by atomic mass is 16.5. The lowest BCUT2D eigenvalue weighted by Crippen LogP contribution is -2.27. The number of amides is 4. The van der Waals surface area contributed by atoms with Gasteiger partial charge in [-0.2, -0.15) is 0 Å². The van der Waals surface area contributed by atoms with Gasteiger partial charge in [0.1, 0.15) is 46.0 Å². The maximum Gasteiger partial charge on any atom is 0.307 e. The molecule has 0 aromatic heterocycles. The number of aliphatic hydroxyl groups excluding tert-OH is 2. The Morgan fingerprint density at radius 2 is 0.519 bits per heavy atom. The first-order chi connectivity index (χ1) is 63.9. The van der Waals surface area contributed by atoms with E-state index in [1.54, 1.807) is 107 Å². The number of carboxylic acid groups (broad SMARTS) is 4. The molecule has 4 aliphatic heterocycles. The van der Waals surface area contributed by atoms with Crippen LogP contribution < -0.4 is 57.5 Å². The van der Waals surface area contributed by atoms with Gasteiger partial charge in [-0.25, -0.2) is 0 Å². The summed E-state index contributed by atoms with van der Waals surface area (Å²) in [6, 6.07) is 58.1. The molecule has 2 atom stereocenters. The van der Waals surface area contributed by atoms with Gasteiger partial charge in [0.05, 0.1) is 123 Å². The standard InChI is InChI=1S/2C27H29NO6.2C27H29NO5.CH4/c2*1-15(2)14-33-24-19-7-5-6-8-20(19)25(34-16(3)4)23-22(24)26(31)28(27(23)32)18-11-9-17(10-12-18)13-21(29)30;1-16(2)15-32-26-21-8-6-5-7-20(21)25(33-17(3)4)22-14-28(27(31)24(22)26)19-11-9-18(10-12-19)13-23(29)30;1-16(2)15-32-25-20-7-5-6-8-21(20)26(33-17(3)4)24-22(25)14-28(27(24)31)19-11-9-18(10-12-19)13-23(29)30;/h5-12,15-16,27,32H,13-14H2,1-4H3,(H,29,30);5-12,15-16,26,31H,13-14H2,1-4H3,(H,29,30);2*5-12,16-17H,13-15H2,1-4H3,(H,29,30);1H4. The van der Waals surface area contributed by atoms with E-state index in [-0.39, 0.29) is 92.3 Å². The van der Waals surface area contributed by atoms with Crippen molar-refractivity contribution in [1.82, 2.24) is 0 Å². The zero-order valence-electron chi connectivity index (χ0n) is 78.3. The maximum atomic E-state index is 13.8. The molecule has 0 saturated heterocycles. The molecule has 0 aliphatic carbocycles. The minimum absolute atomic E-state index is 0. The van der Waals surface area contributed by atoms with E-state index in [0.717, 1.165) is 60.0 Å². The van der Waals surface area contributed by atoms with E-state index in [4.69, 9.17) is 58.3 Å². The van der Waals surface area contributed by atoms with Crippen LogP contribution in [0.5, 0.6) is 46.0 Å². The Morgan fingerprint density at radius 3 is 0.844 bits per heavy atom. The number of carboxylic acids is 4. The van der Waals surface area contributed by atoms with Gasteiger partial charge in [-0.15, -0.1) is 0 Å². The summed E-state index contributed by atoms with van der Waals surface area (Å²) >= 11 is 0. The SMILES string of the molecule is C.CC(C)COc1c2c(c(OC(C)C)c3ccccc13)C(=O)N(c1ccc(CC(=O)O)cc1)C2.CC(C)COc1c2c(c(OC(C)C)c3ccccc13)C(=O)N(c1ccc(CC(=O)O)cc1)C2O.CC(C)COc1c2c(c(OC(C)C)c3ccccc13)C(O)N(c1ccc(CC(=O)O)cc1)C2=O.CC(C)COc1c2c(c(OC(C)C)c3ccccc13)CN(c1ccc(CC(=O)O)cc1)C2=O. The van der Waals surface area contributed by atoms with Crippen LogP contribution in [0.3, 0.4) is 0 Å². The first-order valence-corrected chi connectivity index (χ1v) is 45.3. The zero-order valence-corrected chi connectivity index (χ0v) is 78.3. The average molecular weight is 1840 g/mol. The molecule has 26 nitrogen and oxygen atoms in total. The molecule has 0 fully saturated rings. The monoisotopic (exact) mass is 1840 g/mol. The topological polar surface area (TPSA) is 345 Å². The molecule has 0 saturated carbocycles. The van der Waals surface area contributed by atoms with Crippen LogP contribution in [0.2, 0.25) is 0 Å². The van der Waals surface area contributed by atoms with E-state index in [0.29, 0.717) is 159 Å². The molecule has 12 aromatic carbocycles. The number of carbonyl (C=O) groups is 8. The fraction of sp³-hybridized carbons (Fsp3) is 0.339. The van der Waals surface area contributed by atoms with Crippen molar-refractivity contribution in [2.75, 3.05) is 46.0 Å². The van der Waals surface area contributed by atoms with Crippen molar-refractivity contribution in [3.8, 4) is 46.0 Å². The van der Waals surface area contributed by atoms with Gasteiger partial charge < -0.3 is 78.3 Å². The number of hydrogen-bond acceptors (Lipinski definition) is 18. The average Bonchev–Trinajstić information content (AvgIpc) is 1.58. The lowest BCUT2D eigenvalue weighted by molar-refractivity contribution is -0.137. The Bertz CT molecular complexity index is 6290. The van der Waals surface area contributed by atoms with Crippen molar-refractivity contribution in [3.05, 3.63) is 261 Å². The molecule has 16 rings (SSSR count). The number of aliphatic carboxylic acids is 4. The van der Waals surface area contributed by atoms with E-state index in [2.05, 4.69) is 27.7 Å². The third kappa shape index (κ3) is 22.2. The second-order valence-corrected chi connectivity index (χ2v) is 36.4. The predicted octanol–water partition coefficient (Wildman–Crippen LogP) is 21.4. The van der Waals surface area contributed by atoms with E-state index < -0.39 is 48.1 Å². The Hall–Kier alpha value is -14.2. The van der Waals surface area contributed by atoms with Crippen LogP contribution in [-0.2, 0) is 58.0 Å². The van der Waals surface area contributed by atoms with Crippen LogP contribution >= 0.6 is 0 Å². The first kappa shape index (κ1) is 99.8. The molecule has 4 amide bonds. The van der Waals surface area contributed by atoms with Gasteiger partial charge in [0.15, 0.2) is 12.5 Å². The Kier molecular flexibility index (Phi) is 31.9. The van der Waals surface area contributed by atoms with Crippen molar-refractivity contribution < 1.29 is 107 Å². The van der Waals surface area contributed by atoms with Crippen LogP contribution in [-0.4, -0.2) is 129 Å². The van der Waals surface area contributed by atoms with Gasteiger partial charge in [-0.3, -0.25) is 48.2 Å². The third-order valence-corrected chi connectivity index (χ3v) is 22.2. The van der Waals surface area contributed by atoms with E-state index >= 15 is 0 Å². The molecule has 2 unspecified atom stereocenters.